The molecule has 4 heteroatoms. The van der Waals surface area contributed by atoms with Crippen molar-refractivity contribution in [3.63, 3.8) is 0 Å². The highest BCUT2D eigenvalue weighted by atomic mass is 35.5. The lowest BCUT2D eigenvalue weighted by Crippen LogP contribution is -1.80. The molecule has 0 saturated heterocycles. The minimum absolute atomic E-state index is 0.459. The van der Waals surface area contributed by atoms with E-state index in [1.54, 1.807) is 23.7 Å². The Morgan fingerprint density at radius 1 is 1.27 bits per heavy atom. The Bertz CT molecular complexity index is 451. The van der Waals surface area contributed by atoms with Gasteiger partial charge in [-0.25, -0.2) is 9.97 Å². The van der Waals surface area contributed by atoms with Crippen LogP contribution in [0.15, 0.2) is 24.8 Å². The Labute approximate surface area is 98.0 Å². The molecule has 0 aliphatic carbocycles. The second-order valence-electron chi connectivity index (χ2n) is 3.60. The van der Waals surface area contributed by atoms with Gasteiger partial charge in [0.25, 0.3) is 0 Å². The first-order valence-electron chi connectivity index (χ1n) is 4.73. The van der Waals surface area contributed by atoms with Crippen LogP contribution < -0.4 is 0 Å². The second-order valence-corrected chi connectivity index (χ2v) is 5.10. The fourth-order valence-electron chi connectivity index (χ4n) is 1.35. The number of hydrogen-bond acceptors (Lipinski definition) is 3. The molecule has 0 radical (unpaired) electrons. The topological polar surface area (TPSA) is 25.8 Å². The molecule has 0 aromatic carbocycles. The summed E-state index contributed by atoms with van der Waals surface area (Å²) in [5, 5.41) is 0.842. The van der Waals surface area contributed by atoms with Crippen LogP contribution in [0.25, 0.3) is 10.4 Å². The van der Waals surface area contributed by atoms with Crippen molar-refractivity contribution < 1.29 is 0 Å². The normalized spacial score (nSPS) is 10.9. The van der Waals surface area contributed by atoms with Crippen LogP contribution in [0.3, 0.4) is 0 Å². The molecule has 2 rings (SSSR count). The van der Waals surface area contributed by atoms with Gasteiger partial charge >= 0.3 is 0 Å². The molecule has 0 aliphatic heterocycles. The molecule has 0 spiro atoms. The standard InChI is InChI=1S/C11H11ClN2S/c1-7(2)11-9(12)3-10(15-11)8-4-13-6-14-5-8/h3-7H,1-2H3. The molecule has 15 heavy (non-hydrogen) atoms. The van der Waals surface area contributed by atoms with Crippen molar-refractivity contribution in [1.82, 2.24) is 9.97 Å². The summed E-state index contributed by atoms with van der Waals surface area (Å²) in [5.74, 6) is 0.459. The predicted molar refractivity (Wildman–Crippen MR) is 64.4 cm³/mol. The first-order valence-corrected chi connectivity index (χ1v) is 5.92. The molecule has 0 bridgehead atoms. The maximum absolute atomic E-state index is 6.16. The summed E-state index contributed by atoms with van der Waals surface area (Å²) in [4.78, 5) is 10.3. The summed E-state index contributed by atoms with van der Waals surface area (Å²) in [7, 11) is 0. The summed E-state index contributed by atoms with van der Waals surface area (Å²) in [5.41, 5.74) is 1.02. The Balaban J connectivity index is 2.43. The first-order chi connectivity index (χ1) is 7.18. The molecule has 78 valence electrons. The molecule has 2 heterocycles. The lowest BCUT2D eigenvalue weighted by Gasteiger charge is -1.99. The lowest BCUT2D eigenvalue weighted by molar-refractivity contribution is 0.890. The van der Waals surface area contributed by atoms with Gasteiger partial charge < -0.3 is 0 Å². The molecule has 0 aliphatic rings. The van der Waals surface area contributed by atoms with Crippen molar-refractivity contribution in [1.29, 1.82) is 0 Å². The van der Waals surface area contributed by atoms with E-state index in [0.29, 0.717) is 5.92 Å². The van der Waals surface area contributed by atoms with Crippen LogP contribution >= 0.6 is 22.9 Å². The maximum Gasteiger partial charge on any atom is 0.115 e. The second kappa shape index (κ2) is 4.29. The van der Waals surface area contributed by atoms with Crippen LogP contribution in [0.4, 0.5) is 0 Å². The summed E-state index contributed by atoms with van der Waals surface area (Å²) in [6, 6.07) is 1.99. The zero-order valence-electron chi connectivity index (χ0n) is 8.57. The summed E-state index contributed by atoms with van der Waals surface area (Å²) < 4.78 is 0. The number of hydrogen-bond donors (Lipinski definition) is 0. The molecule has 2 aromatic rings. The molecule has 0 fully saturated rings. The van der Waals surface area contributed by atoms with Gasteiger partial charge in [-0.1, -0.05) is 25.4 Å². The van der Waals surface area contributed by atoms with E-state index < -0.39 is 0 Å². The average Bonchev–Trinajstić information content (AvgIpc) is 2.62. The van der Waals surface area contributed by atoms with Gasteiger partial charge in [-0.3, -0.25) is 0 Å². The summed E-state index contributed by atoms with van der Waals surface area (Å²) in [6.45, 7) is 4.28. The third kappa shape index (κ3) is 2.19. The van der Waals surface area contributed by atoms with Crippen molar-refractivity contribution in [2.45, 2.75) is 19.8 Å². The fraction of sp³-hybridized carbons (Fsp3) is 0.273. The molecular weight excluding hydrogens is 228 g/mol. The van der Waals surface area contributed by atoms with E-state index in [1.807, 2.05) is 6.07 Å². The van der Waals surface area contributed by atoms with Crippen molar-refractivity contribution in [3.8, 4) is 10.4 Å². The van der Waals surface area contributed by atoms with E-state index in [0.717, 1.165) is 15.5 Å². The molecule has 0 N–H and O–H groups in total. The van der Waals surface area contributed by atoms with E-state index in [4.69, 9.17) is 11.6 Å². The van der Waals surface area contributed by atoms with Gasteiger partial charge in [0, 0.05) is 27.7 Å². The number of nitrogens with zero attached hydrogens (tertiary/aromatic N) is 2. The van der Waals surface area contributed by atoms with Crippen LogP contribution in [-0.4, -0.2) is 9.97 Å². The zero-order chi connectivity index (χ0) is 10.8. The Kier molecular flexibility index (Phi) is 3.03. The molecule has 2 nitrogen and oxygen atoms in total. The molecule has 0 atom stereocenters. The van der Waals surface area contributed by atoms with Crippen LogP contribution in [-0.2, 0) is 0 Å². The summed E-state index contributed by atoms with van der Waals surface area (Å²) in [6.07, 6.45) is 5.14. The van der Waals surface area contributed by atoms with Crippen molar-refractivity contribution in [2.75, 3.05) is 0 Å². The highest BCUT2D eigenvalue weighted by molar-refractivity contribution is 7.16. The SMILES string of the molecule is CC(C)c1sc(-c2cncnc2)cc1Cl. The van der Waals surface area contributed by atoms with Crippen molar-refractivity contribution in [2.24, 2.45) is 0 Å². The van der Waals surface area contributed by atoms with Crippen LogP contribution in [0, 0.1) is 0 Å². The smallest absolute Gasteiger partial charge is 0.115 e. The Hall–Kier alpha value is -0.930. The molecule has 0 amide bonds. The van der Waals surface area contributed by atoms with Crippen molar-refractivity contribution >= 4 is 22.9 Å². The summed E-state index contributed by atoms with van der Waals surface area (Å²) >= 11 is 7.87. The largest absolute Gasteiger partial charge is 0.244 e. The molecule has 0 unspecified atom stereocenters. The van der Waals surface area contributed by atoms with E-state index in [9.17, 15) is 0 Å². The highest BCUT2D eigenvalue weighted by Crippen LogP contribution is 2.37. The predicted octanol–water partition coefficient (Wildman–Crippen LogP) is 3.98. The van der Waals surface area contributed by atoms with Gasteiger partial charge in [-0.2, -0.15) is 0 Å². The maximum atomic E-state index is 6.16. The number of rotatable bonds is 2. The van der Waals surface area contributed by atoms with Crippen LogP contribution in [0.2, 0.25) is 5.02 Å². The lowest BCUT2D eigenvalue weighted by atomic mass is 10.2. The molecule has 2 aromatic heterocycles. The molecule has 0 saturated carbocycles. The Morgan fingerprint density at radius 3 is 2.47 bits per heavy atom. The number of halogens is 1. The van der Waals surface area contributed by atoms with Gasteiger partial charge in [0.2, 0.25) is 0 Å². The van der Waals surface area contributed by atoms with Crippen molar-refractivity contribution in [3.05, 3.63) is 34.7 Å². The quantitative estimate of drug-likeness (QED) is 0.791. The van der Waals surface area contributed by atoms with E-state index in [-0.39, 0.29) is 0 Å². The number of thiophene rings is 1. The zero-order valence-corrected chi connectivity index (χ0v) is 10.1. The van der Waals surface area contributed by atoms with E-state index in [1.165, 1.54) is 11.2 Å². The van der Waals surface area contributed by atoms with Crippen LogP contribution in [0.1, 0.15) is 24.6 Å². The highest BCUT2D eigenvalue weighted by Gasteiger charge is 2.11. The van der Waals surface area contributed by atoms with E-state index in [2.05, 4.69) is 23.8 Å². The van der Waals surface area contributed by atoms with Crippen LogP contribution in [0.5, 0.6) is 0 Å². The third-order valence-corrected chi connectivity index (χ3v) is 3.99. The number of aromatic nitrogens is 2. The van der Waals surface area contributed by atoms with Gasteiger partial charge in [-0.05, 0) is 12.0 Å². The third-order valence-electron chi connectivity index (χ3n) is 2.08. The van der Waals surface area contributed by atoms with E-state index >= 15 is 0 Å². The van der Waals surface area contributed by atoms with Gasteiger partial charge in [0.05, 0.1) is 5.02 Å². The first kappa shape index (κ1) is 10.6. The fourth-order valence-corrected chi connectivity index (χ4v) is 2.88. The average molecular weight is 239 g/mol. The van der Waals surface area contributed by atoms with Gasteiger partial charge in [0.1, 0.15) is 6.33 Å². The minimum atomic E-state index is 0.459. The molecular formula is C11H11ClN2S. The Morgan fingerprint density at radius 2 is 1.93 bits per heavy atom. The van der Waals surface area contributed by atoms with Gasteiger partial charge in [0.15, 0.2) is 0 Å². The monoisotopic (exact) mass is 238 g/mol. The minimum Gasteiger partial charge on any atom is -0.244 e. The van der Waals surface area contributed by atoms with Gasteiger partial charge in [-0.15, -0.1) is 11.3 Å².